The predicted octanol–water partition coefficient (Wildman–Crippen LogP) is -6.22. The van der Waals surface area contributed by atoms with Crippen molar-refractivity contribution in [2.75, 3.05) is 26.3 Å². The third-order valence-corrected chi connectivity index (χ3v) is 13.5. The molecule has 1 saturated heterocycles. The first-order valence-corrected chi connectivity index (χ1v) is 28.0. The van der Waals surface area contributed by atoms with Gasteiger partial charge in [0.2, 0.25) is 70.8 Å². The van der Waals surface area contributed by atoms with Crippen molar-refractivity contribution in [3.05, 3.63) is 29.8 Å². The van der Waals surface area contributed by atoms with Gasteiger partial charge in [0.05, 0.1) is 32.2 Å². The van der Waals surface area contributed by atoms with E-state index >= 15 is 0 Å². The van der Waals surface area contributed by atoms with Gasteiger partial charge in [-0.25, -0.2) is 0 Å². The van der Waals surface area contributed by atoms with Crippen molar-refractivity contribution in [2.45, 2.75) is 166 Å². The van der Waals surface area contributed by atoms with Crippen molar-refractivity contribution in [3.63, 3.8) is 0 Å². The summed E-state index contributed by atoms with van der Waals surface area (Å²) < 4.78 is 0. The average molecular weight is 1250 g/mol. The highest BCUT2D eigenvalue weighted by molar-refractivity contribution is 6.38. The Bertz CT molecular complexity index is 2730. The first-order chi connectivity index (χ1) is 41.2. The van der Waals surface area contributed by atoms with Gasteiger partial charge in [-0.05, 0) is 61.6 Å². The minimum absolute atomic E-state index is 0.00701. The fraction of sp³-hybridized carbons (Fsp3) is 0.593. The number of aliphatic carboxylic acids is 3. The number of primary amides is 1. The van der Waals surface area contributed by atoms with E-state index in [1.165, 1.54) is 38.1 Å². The van der Waals surface area contributed by atoms with Gasteiger partial charge in [-0.2, -0.15) is 0 Å². The summed E-state index contributed by atoms with van der Waals surface area (Å²) in [6, 6.07) is -10.5. The molecule has 0 saturated carbocycles. The fourth-order valence-corrected chi connectivity index (χ4v) is 8.77. The molecule has 1 aromatic carbocycles. The number of carboxylic acids is 3. The molecule has 1 fully saturated rings. The highest BCUT2D eigenvalue weighted by Gasteiger charge is 2.42. The molecule has 0 bridgehead atoms. The number of nitrogens with one attached hydrogen (secondary N) is 10. The van der Waals surface area contributed by atoms with Crippen LogP contribution in [0, 0.1) is 11.8 Å². The van der Waals surface area contributed by atoms with E-state index < -0.39 is 212 Å². The third-order valence-electron chi connectivity index (χ3n) is 13.5. The number of nitrogens with two attached hydrogens (primary N) is 1. The van der Waals surface area contributed by atoms with Crippen molar-refractivity contribution in [2.24, 2.45) is 17.6 Å². The molecule has 488 valence electrons. The number of carbonyl (C=O) groups excluding carboxylic acids is 13. The van der Waals surface area contributed by atoms with Crippen molar-refractivity contribution < 1.29 is 107 Å². The number of Topliss-reactive ketones (excluding diaryl/α,β-unsaturated/α-hetero) is 1. The number of nitrogens with zero attached hydrogens (tertiary/aromatic N) is 1. The summed E-state index contributed by atoms with van der Waals surface area (Å²) in [6.45, 7) is 5.75. The molecule has 2 rings (SSSR count). The number of aliphatic hydroxyl groups excluding tert-OH is 2. The standard InChI is InChI=1S/C54H80N12O22/c1-7-9-30(44(78)53(87)56-22-38(71)58-36(24-68)50(84)62-34(21-41(76)77)49(83)61-33(20-28-11-13-29(70)14-12-28)48(82)63-35(23-67)45(55)79)59-51(85)37-10-8-19-66(37)54(88)43(26(4)5)65-52(86)42(25(2)3)64-47(81)32(16-18-40(74)75)60-46(80)31(57-27(6)69)15-17-39(72)73/h11-14,25-26,30-37,42-43,67-68,70H,7-10,15-24H2,1-6H3,(H2,55,79)(H,56,87)(H,57,69)(H,58,71)(H,59,85)(H,60,80)(H,61,83)(H,62,84)(H,63,82)(H,64,81)(H,65,86)(H,72,73)(H,74,75)(H,76,77)/t30-,31-,32-,33-,34+,35-,36-,37?,42-,43-/m0/s1. The molecule has 1 heterocycles. The maximum Gasteiger partial charge on any atom is 0.305 e. The lowest BCUT2D eigenvalue weighted by atomic mass is 9.98. The normalized spacial score (nSPS) is 15.8. The van der Waals surface area contributed by atoms with Crippen LogP contribution in [0.25, 0.3) is 0 Å². The van der Waals surface area contributed by atoms with Crippen LogP contribution < -0.4 is 58.9 Å². The van der Waals surface area contributed by atoms with Crippen molar-refractivity contribution in [1.29, 1.82) is 0 Å². The number of benzene rings is 1. The zero-order valence-corrected chi connectivity index (χ0v) is 49.4. The van der Waals surface area contributed by atoms with Crippen molar-refractivity contribution in [1.82, 2.24) is 58.1 Å². The average Bonchev–Trinajstić information content (AvgIpc) is 1.82. The quantitative estimate of drug-likeness (QED) is 0.0274. The van der Waals surface area contributed by atoms with Gasteiger partial charge in [0.1, 0.15) is 60.1 Å². The monoisotopic (exact) mass is 1250 g/mol. The minimum Gasteiger partial charge on any atom is -0.508 e. The highest BCUT2D eigenvalue weighted by atomic mass is 16.4. The summed E-state index contributed by atoms with van der Waals surface area (Å²) in [5, 5.41) is 80.0. The van der Waals surface area contributed by atoms with Crippen LogP contribution in [0.4, 0.5) is 0 Å². The van der Waals surface area contributed by atoms with Gasteiger partial charge < -0.3 is 94.4 Å². The Hall–Kier alpha value is -9.34. The third kappa shape index (κ3) is 24.9. The van der Waals surface area contributed by atoms with Crippen LogP contribution in [0.2, 0.25) is 0 Å². The lowest BCUT2D eigenvalue weighted by molar-refractivity contribution is -0.144. The predicted molar refractivity (Wildman–Crippen MR) is 302 cm³/mol. The number of aromatic hydroxyl groups is 1. The number of amides is 12. The van der Waals surface area contributed by atoms with Crippen LogP contribution in [0.5, 0.6) is 5.75 Å². The molecular formula is C54H80N12O22. The van der Waals surface area contributed by atoms with E-state index in [2.05, 4.69) is 37.2 Å². The van der Waals surface area contributed by atoms with Crippen LogP contribution in [0.15, 0.2) is 24.3 Å². The molecule has 0 radical (unpaired) electrons. The smallest absolute Gasteiger partial charge is 0.305 e. The molecule has 0 aromatic heterocycles. The van der Waals surface area contributed by atoms with E-state index in [4.69, 9.17) is 10.8 Å². The molecule has 0 spiro atoms. The molecule has 0 aliphatic carbocycles. The largest absolute Gasteiger partial charge is 0.508 e. The number of likely N-dealkylation sites (tertiary alicyclic amines) is 1. The SMILES string of the molecule is CCC[C@H](NC(=O)C1CCCN1C(=O)[C@@H](NC(=O)[C@@H](NC(=O)[C@H](CCC(=O)O)NC(=O)[C@H](CCC(=O)O)NC(C)=O)C(C)C)C(C)C)C(=O)C(=O)NCC(=O)N[C@@H](CO)C(=O)N[C@H](CC(=O)O)C(=O)N[C@@H](Cc1ccc(O)cc1)C(=O)N[C@@H](CO)C(N)=O. The second-order valence-corrected chi connectivity index (χ2v) is 21.3. The summed E-state index contributed by atoms with van der Waals surface area (Å²) in [5.74, 6) is -19.8. The zero-order chi connectivity index (χ0) is 66.7. The molecule has 1 aliphatic heterocycles. The van der Waals surface area contributed by atoms with Crippen molar-refractivity contribution >= 4 is 94.6 Å². The number of phenols is 1. The number of phenolic OH excluding ortho intramolecular Hbond substituents is 1. The van der Waals surface area contributed by atoms with Gasteiger partial charge in [-0.1, -0.05) is 53.2 Å². The molecule has 88 heavy (non-hydrogen) atoms. The van der Waals surface area contributed by atoms with E-state index in [0.717, 1.165) is 11.8 Å². The molecule has 34 nitrogen and oxygen atoms in total. The first-order valence-electron chi connectivity index (χ1n) is 28.0. The van der Waals surface area contributed by atoms with Crippen LogP contribution in [-0.2, 0) is 83.1 Å². The summed E-state index contributed by atoms with van der Waals surface area (Å²) in [5.41, 5.74) is 5.53. The second kappa shape index (κ2) is 36.6. The maximum absolute atomic E-state index is 14.3. The lowest BCUT2D eigenvalue weighted by Crippen LogP contribution is -2.61. The zero-order valence-electron chi connectivity index (χ0n) is 49.4. The molecule has 10 atom stereocenters. The number of rotatable bonds is 38. The lowest BCUT2D eigenvalue weighted by Gasteiger charge is -2.33. The van der Waals surface area contributed by atoms with E-state index in [0.29, 0.717) is 5.56 Å². The number of ketones is 1. The van der Waals surface area contributed by atoms with Gasteiger partial charge in [0.15, 0.2) is 0 Å². The van der Waals surface area contributed by atoms with Crippen LogP contribution in [0.3, 0.4) is 0 Å². The van der Waals surface area contributed by atoms with Gasteiger partial charge >= 0.3 is 17.9 Å². The maximum atomic E-state index is 14.3. The molecule has 34 heteroatoms. The van der Waals surface area contributed by atoms with Crippen LogP contribution >= 0.6 is 0 Å². The Kier molecular flexibility index (Phi) is 31.1. The number of carboxylic acid groups (broad SMARTS) is 3. The number of carbonyl (C=O) groups is 16. The van der Waals surface area contributed by atoms with Gasteiger partial charge in [-0.3, -0.25) is 76.7 Å². The van der Waals surface area contributed by atoms with E-state index in [1.54, 1.807) is 20.8 Å². The molecule has 1 aliphatic rings. The molecule has 1 unspecified atom stereocenters. The van der Waals surface area contributed by atoms with Gasteiger partial charge in [0, 0.05) is 32.7 Å². The number of hydrogen-bond acceptors (Lipinski definition) is 19. The second-order valence-electron chi connectivity index (χ2n) is 21.3. The Morgan fingerprint density at radius 2 is 1.06 bits per heavy atom. The Morgan fingerprint density at radius 3 is 1.57 bits per heavy atom. The summed E-state index contributed by atoms with van der Waals surface area (Å²) in [7, 11) is 0. The molecule has 18 N–H and O–H groups in total. The Balaban J connectivity index is 2.20. The Labute approximate surface area is 504 Å². The topological polar surface area (TPSA) is 544 Å². The number of aliphatic hydroxyl groups is 2. The van der Waals surface area contributed by atoms with Crippen LogP contribution in [-0.4, -0.2) is 217 Å². The minimum atomic E-state index is -2.00. The molecular weight excluding hydrogens is 1170 g/mol. The summed E-state index contributed by atoms with van der Waals surface area (Å²) >= 11 is 0. The first kappa shape index (κ1) is 74.8. The van der Waals surface area contributed by atoms with Gasteiger partial charge in [-0.15, -0.1) is 0 Å². The Morgan fingerprint density at radius 1 is 0.568 bits per heavy atom. The van der Waals surface area contributed by atoms with Crippen molar-refractivity contribution in [3.8, 4) is 5.75 Å². The van der Waals surface area contributed by atoms with E-state index in [9.17, 15) is 102 Å². The molecule has 1 aromatic rings. The highest BCUT2D eigenvalue weighted by Crippen LogP contribution is 2.22. The molecule has 12 amide bonds. The summed E-state index contributed by atoms with van der Waals surface area (Å²) in [6.07, 6.45) is -3.15. The summed E-state index contributed by atoms with van der Waals surface area (Å²) in [4.78, 5) is 208. The number of hydrogen-bond donors (Lipinski definition) is 17. The fourth-order valence-electron chi connectivity index (χ4n) is 8.77. The van der Waals surface area contributed by atoms with E-state index in [-0.39, 0.29) is 50.8 Å². The van der Waals surface area contributed by atoms with Crippen LogP contribution in [0.1, 0.15) is 105 Å². The van der Waals surface area contributed by atoms with Gasteiger partial charge in [0.25, 0.3) is 5.91 Å². The van der Waals surface area contributed by atoms with E-state index in [1.807, 2.05) is 16.0 Å².